The molecule has 2 aromatic rings. The quantitative estimate of drug-likeness (QED) is 0.900. The van der Waals surface area contributed by atoms with Crippen LogP contribution in [0.3, 0.4) is 0 Å². The summed E-state index contributed by atoms with van der Waals surface area (Å²) in [5.41, 5.74) is 1.94. The van der Waals surface area contributed by atoms with Crippen LogP contribution >= 0.6 is 0 Å². The summed E-state index contributed by atoms with van der Waals surface area (Å²) < 4.78 is 0. The first-order chi connectivity index (χ1) is 10.8. The van der Waals surface area contributed by atoms with E-state index in [0.717, 1.165) is 50.4 Å². The zero-order valence-corrected chi connectivity index (χ0v) is 12.7. The van der Waals surface area contributed by atoms with E-state index in [0.29, 0.717) is 0 Å². The Morgan fingerprint density at radius 3 is 2.45 bits per heavy atom. The Kier molecular flexibility index (Phi) is 4.81. The first-order valence-electron chi connectivity index (χ1n) is 7.91. The predicted octanol–water partition coefficient (Wildman–Crippen LogP) is 0.665. The Bertz CT molecular complexity index is 592. The van der Waals surface area contributed by atoms with Crippen molar-refractivity contribution in [2.75, 3.05) is 32.7 Å². The van der Waals surface area contributed by atoms with Gasteiger partial charge in [-0.15, -0.1) is 0 Å². The zero-order chi connectivity index (χ0) is 15.2. The van der Waals surface area contributed by atoms with Gasteiger partial charge in [0.25, 0.3) is 5.91 Å². The number of quaternary nitrogens is 1. The van der Waals surface area contributed by atoms with Crippen LogP contribution in [0.5, 0.6) is 0 Å². The molecule has 0 spiro atoms. The molecule has 0 unspecified atom stereocenters. The minimum absolute atomic E-state index is 0.157. The number of hydrogen-bond acceptors (Lipinski definition) is 2. The molecule has 0 atom stereocenters. The molecule has 22 heavy (non-hydrogen) atoms. The SMILES string of the molecule is O=C(c1ccccc1)N1CC[NH+](CCc2ccccn2)CC1. The highest BCUT2D eigenvalue weighted by atomic mass is 16.2. The summed E-state index contributed by atoms with van der Waals surface area (Å²) >= 11 is 0. The molecule has 1 aliphatic heterocycles. The number of carbonyl (C=O) groups excluding carboxylic acids is 1. The lowest BCUT2D eigenvalue weighted by Crippen LogP contribution is -3.15. The molecular weight excluding hydrogens is 274 g/mol. The van der Waals surface area contributed by atoms with Crippen molar-refractivity contribution in [1.82, 2.24) is 9.88 Å². The number of benzene rings is 1. The molecular formula is C18H22N3O+. The number of aromatic nitrogens is 1. The smallest absolute Gasteiger partial charge is 0.254 e. The van der Waals surface area contributed by atoms with Crippen LogP contribution in [-0.2, 0) is 6.42 Å². The lowest BCUT2D eigenvalue weighted by molar-refractivity contribution is -0.903. The predicted molar refractivity (Wildman–Crippen MR) is 85.9 cm³/mol. The van der Waals surface area contributed by atoms with Gasteiger partial charge in [0, 0.05) is 23.9 Å². The average molecular weight is 296 g/mol. The number of carbonyl (C=O) groups is 1. The van der Waals surface area contributed by atoms with Crippen molar-refractivity contribution >= 4 is 5.91 Å². The third-order valence-electron chi connectivity index (χ3n) is 4.24. The second-order valence-electron chi connectivity index (χ2n) is 5.73. The van der Waals surface area contributed by atoms with Gasteiger partial charge in [-0.1, -0.05) is 24.3 Å². The van der Waals surface area contributed by atoms with E-state index in [2.05, 4.69) is 11.1 Å². The van der Waals surface area contributed by atoms with Crippen LogP contribution in [0.1, 0.15) is 16.1 Å². The summed E-state index contributed by atoms with van der Waals surface area (Å²) in [4.78, 5) is 20.3. The van der Waals surface area contributed by atoms with Gasteiger partial charge in [-0.25, -0.2) is 0 Å². The fourth-order valence-corrected chi connectivity index (χ4v) is 2.89. The van der Waals surface area contributed by atoms with Crippen LogP contribution < -0.4 is 4.90 Å². The third-order valence-corrected chi connectivity index (χ3v) is 4.24. The number of nitrogens with zero attached hydrogens (tertiary/aromatic N) is 2. The number of pyridine rings is 1. The monoisotopic (exact) mass is 296 g/mol. The molecule has 0 radical (unpaired) electrons. The van der Waals surface area contributed by atoms with E-state index in [9.17, 15) is 4.79 Å². The average Bonchev–Trinajstić information content (AvgIpc) is 2.61. The lowest BCUT2D eigenvalue weighted by atomic mass is 10.2. The maximum absolute atomic E-state index is 12.4. The Morgan fingerprint density at radius 1 is 1.05 bits per heavy atom. The summed E-state index contributed by atoms with van der Waals surface area (Å²) in [7, 11) is 0. The Hall–Kier alpha value is -2.20. The molecule has 2 heterocycles. The number of hydrogen-bond donors (Lipinski definition) is 1. The van der Waals surface area contributed by atoms with Crippen molar-refractivity contribution in [3.8, 4) is 0 Å². The standard InChI is InChI=1S/C18H21N3O/c22-18(16-6-2-1-3-7-16)21-14-12-20(13-15-21)11-9-17-8-4-5-10-19-17/h1-8,10H,9,11-15H2/p+1. The van der Waals surface area contributed by atoms with Crippen LogP contribution in [0.25, 0.3) is 0 Å². The van der Waals surface area contributed by atoms with Crippen LogP contribution in [0.4, 0.5) is 0 Å². The molecule has 0 saturated carbocycles. The minimum Gasteiger partial charge on any atom is -0.332 e. The van der Waals surface area contributed by atoms with E-state index in [4.69, 9.17) is 0 Å². The number of piperazine rings is 1. The van der Waals surface area contributed by atoms with Crippen molar-refractivity contribution in [3.63, 3.8) is 0 Å². The minimum atomic E-state index is 0.157. The van der Waals surface area contributed by atoms with E-state index < -0.39 is 0 Å². The summed E-state index contributed by atoms with van der Waals surface area (Å²) in [6, 6.07) is 15.6. The molecule has 1 aliphatic rings. The molecule has 4 nitrogen and oxygen atoms in total. The highest BCUT2D eigenvalue weighted by Gasteiger charge is 2.24. The van der Waals surface area contributed by atoms with Gasteiger partial charge in [-0.05, 0) is 24.3 Å². The van der Waals surface area contributed by atoms with Crippen molar-refractivity contribution in [2.24, 2.45) is 0 Å². The summed E-state index contributed by atoms with van der Waals surface area (Å²) in [5.74, 6) is 0.157. The van der Waals surface area contributed by atoms with Crippen molar-refractivity contribution in [2.45, 2.75) is 6.42 Å². The molecule has 114 valence electrons. The van der Waals surface area contributed by atoms with Crippen LogP contribution in [0.15, 0.2) is 54.7 Å². The van der Waals surface area contributed by atoms with Gasteiger partial charge >= 0.3 is 0 Å². The molecule has 1 N–H and O–H groups in total. The molecule has 1 aromatic carbocycles. The van der Waals surface area contributed by atoms with Crippen LogP contribution in [-0.4, -0.2) is 48.5 Å². The second-order valence-corrected chi connectivity index (χ2v) is 5.73. The maximum Gasteiger partial charge on any atom is 0.254 e. The van der Waals surface area contributed by atoms with Gasteiger partial charge in [-0.2, -0.15) is 0 Å². The van der Waals surface area contributed by atoms with Crippen LogP contribution in [0.2, 0.25) is 0 Å². The van der Waals surface area contributed by atoms with Gasteiger partial charge in [0.05, 0.1) is 32.7 Å². The number of amides is 1. The van der Waals surface area contributed by atoms with Gasteiger partial charge < -0.3 is 9.80 Å². The molecule has 1 fully saturated rings. The summed E-state index contributed by atoms with van der Waals surface area (Å²) in [6.45, 7) is 4.80. The first kappa shape index (κ1) is 14.7. The van der Waals surface area contributed by atoms with E-state index in [1.165, 1.54) is 0 Å². The van der Waals surface area contributed by atoms with Gasteiger partial charge in [-0.3, -0.25) is 9.78 Å². The normalized spacial score (nSPS) is 15.7. The second kappa shape index (κ2) is 7.18. The topological polar surface area (TPSA) is 37.6 Å². The van der Waals surface area contributed by atoms with E-state index >= 15 is 0 Å². The van der Waals surface area contributed by atoms with E-state index in [-0.39, 0.29) is 5.91 Å². The highest BCUT2D eigenvalue weighted by Crippen LogP contribution is 2.04. The van der Waals surface area contributed by atoms with Gasteiger partial charge in [0.15, 0.2) is 0 Å². The highest BCUT2D eigenvalue weighted by molar-refractivity contribution is 5.94. The molecule has 4 heteroatoms. The van der Waals surface area contributed by atoms with E-state index in [1.807, 2.05) is 53.6 Å². The maximum atomic E-state index is 12.4. The number of nitrogens with one attached hydrogen (secondary N) is 1. The lowest BCUT2D eigenvalue weighted by Gasteiger charge is -2.32. The molecule has 1 aromatic heterocycles. The fourth-order valence-electron chi connectivity index (χ4n) is 2.89. The van der Waals surface area contributed by atoms with Crippen molar-refractivity contribution < 1.29 is 9.69 Å². The fraction of sp³-hybridized carbons (Fsp3) is 0.333. The van der Waals surface area contributed by atoms with Gasteiger partial charge in [0.1, 0.15) is 0 Å². The first-order valence-corrected chi connectivity index (χ1v) is 7.91. The zero-order valence-electron chi connectivity index (χ0n) is 12.7. The molecule has 1 amide bonds. The molecule has 3 rings (SSSR count). The summed E-state index contributed by atoms with van der Waals surface area (Å²) in [6.07, 6.45) is 2.85. The van der Waals surface area contributed by atoms with Crippen molar-refractivity contribution in [1.29, 1.82) is 0 Å². The Morgan fingerprint density at radius 2 is 1.77 bits per heavy atom. The van der Waals surface area contributed by atoms with E-state index in [1.54, 1.807) is 4.90 Å². The summed E-state index contributed by atoms with van der Waals surface area (Å²) in [5, 5.41) is 0. The molecule has 0 bridgehead atoms. The molecule has 0 aliphatic carbocycles. The Labute approximate surface area is 131 Å². The third kappa shape index (κ3) is 3.71. The van der Waals surface area contributed by atoms with Crippen molar-refractivity contribution in [3.05, 3.63) is 66.0 Å². The molecule has 1 saturated heterocycles. The van der Waals surface area contributed by atoms with Gasteiger partial charge in [0.2, 0.25) is 0 Å². The number of rotatable bonds is 4. The Balaban J connectivity index is 1.47. The van der Waals surface area contributed by atoms with Crippen LogP contribution in [0, 0.1) is 0 Å². The largest absolute Gasteiger partial charge is 0.332 e.